The summed E-state index contributed by atoms with van der Waals surface area (Å²) < 4.78 is 5.20. The van der Waals surface area contributed by atoms with Gasteiger partial charge in [0.25, 0.3) is 0 Å². The minimum Gasteiger partial charge on any atom is -0.504 e. The molecule has 4 saturated heterocycles. The number of phenolic OH excluding ortho intramolecular Hbond substituents is 1. The highest BCUT2D eigenvalue weighted by Crippen LogP contribution is 2.47. The maximum atomic E-state index is 10.2. The molecule has 0 radical (unpaired) electrons. The van der Waals surface area contributed by atoms with Crippen LogP contribution >= 0.6 is 0 Å². The van der Waals surface area contributed by atoms with Crippen LogP contribution < -0.4 is 4.74 Å². The van der Waals surface area contributed by atoms with Gasteiger partial charge in [0.15, 0.2) is 11.5 Å². The SMILES string of the molecule is COc1ccc(CN2C[C@@H](c3ccccc3)[C@@H]3[C@H]2C2CCN3CC2)cc1O. The third kappa shape index (κ3) is 2.91. The Morgan fingerprint density at radius 3 is 2.52 bits per heavy atom. The summed E-state index contributed by atoms with van der Waals surface area (Å²) in [6.45, 7) is 4.50. The lowest BCUT2D eigenvalue weighted by Crippen LogP contribution is -2.59. The van der Waals surface area contributed by atoms with Crippen molar-refractivity contribution in [2.24, 2.45) is 5.92 Å². The van der Waals surface area contributed by atoms with Crippen LogP contribution in [0.25, 0.3) is 0 Å². The zero-order chi connectivity index (χ0) is 18.4. The predicted molar refractivity (Wildman–Crippen MR) is 106 cm³/mol. The first-order valence-corrected chi connectivity index (χ1v) is 10.1. The summed E-state index contributed by atoms with van der Waals surface area (Å²) in [4.78, 5) is 5.42. The Hall–Kier alpha value is -2.04. The molecule has 4 heteroatoms. The number of ether oxygens (including phenoxy) is 1. The summed E-state index contributed by atoms with van der Waals surface area (Å²) in [5.41, 5.74) is 2.64. The van der Waals surface area contributed by atoms with Crippen molar-refractivity contribution in [1.82, 2.24) is 9.80 Å². The monoisotopic (exact) mass is 364 g/mol. The predicted octanol–water partition coefficient (Wildman–Crippen LogP) is 3.46. The molecule has 0 aliphatic carbocycles. The molecule has 0 amide bonds. The van der Waals surface area contributed by atoms with Gasteiger partial charge in [-0.2, -0.15) is 0 Å². The van der Waals surface area contributed by atoms with E-state index >= 15 is 0 Å². The molecule has 4 aliphatic heterocycles. The Kier molecular flexibility index (Phi) is 4.33. The Bertz CT molecular complexity index is 801. The van der Waals surface area contributed by atoms with E-state index in [1.165, 1.54) is 31.5 Å². The fourth-order valence-corrected chi connectivity index (χ4v) is 5.78. The van der Waals surface area contributed by atoms with Crippen molar-refractivity contribution in [3.63, 3.8) is 0 Å². The van der Waals surface area contributed by atoms with E-state index in [0.717, 1.165) is 24.6 Å². The van der Waals surface area contributed by atoms with Gasteiger partial charge in [-0.15, -0.1) is 0 Å². The number of hydrogen-bond donors (Lipinski definition) is 1. The molecule has 4 aliphatic rings. The highest BCUT2D eigenvalue weighted by atomic mass is 16.5. The Morgan fingerprint density at radius 1 is 1.04 bits per heavy atom. The van der Waals surface area contributed by atoms with Crippen molar-refractivity contribution in [2.45, 2.75) is 37.4 Å². The molecular weight excluding hydrogens is 336 g/mol. The fraction of sp³-hybridized carbons (Fsp3) is 0.478. The summed E-state index contributed by atoms with van der Waals surface area (Å²) >= 11 is 0. The molecule has 2 bridgehead atoms. The fourth-order valence-electron chi connectivity index (χ4n) is 5.78. The number of fused-ring (bicyclic) bond motifs is 2. The number of aromatic hydroxyl groups is 1. The molecule has 3 atom stereocenters. The largest absolute Gasteiger partial charge is 0.504 e. The number of benzene rings is 2. The summed E-state index contributed by atoms with van der Waals surface area (Å²) in [7, 11) is 1.59. The van der Waals surface area contributed by atoms with Crippen LogP contribution in [0.15, 0.2) is 48.5 Å². The van der Waals surface area contributed by atoms with Crippen molar-refractivity contribution >= 4 is 0 Å². The van der Waals surface area contributed by atoms with E-state index in [1.54, 1.807) is 7.11 Å². The number of rotatable bonds is 4. The Morgan fingerprint density at radius 2 is 1.81 bits per heavy atom. The molecule has 4 fully saturated rings. The first-order chi connectivity index (χ1) is 13.2. The number of piperidine rings is 3. The van der Waals surface area contributed by atoms with Gasteiger partial charge in [-0.25, -0.2) is 0 Å². The molecule has 0 saturated carbocycles. The molecule has 2 aromatic carbocycles. The minimum absolute atomic E-state index is 0.235. The quantitative estimate of drug-likeness (QED) is 0.901. The van der Waals surface area contributed by atoms with Crippen LogP contribution in [0.2, 0.25) is 0 Å². The number of hydrogen-bond acceptors (Lipinski definition) is 4. The summed E-state index contributed by atoms with van der Waals surface area (Å²) in [5.74, 6) is 2.16. The maximum absolute atomic E-state index is 10.2. The average molecular weight is 364 g/mol. The number of likely N-dealkylation sites (tertiary alicyclic amines) is 1. The Balaban J connectivity index is 1.45. The van der Waals surface area contributed by atoms with Gasteiger partial charge in [0.2, 0.25) is 0 Å². The van der Waals surface area contributed by atoms with Crippen LogP contribution in [0.1, 0.15) is 29.9 Å². The zero-order valence-corrected chi connectivity index (χ0v) is 15.9. The number of phenols is 1. The maximum Gasteiger partial charge on any atom is 0.160 e. The molecule has 0 aromatic heterocycles. The van der Waals surface area contributed by atoms with Crippen molar-refractivity contribution in [1.29, 1.82) is 0 Å². The van der Waals surface area contributed by atoms with Crippen LogP contribution in [0.5, 0.6) is 11.5 Å². The van der Waals surface area contributed by atoms with Crippen molar-refractivity contribution in [3.8, 4) is 11.5 Å². The lowest BCUT2D eigenvalue weighted by atomic mass is 9.75. The van der Waals surface area contributed by atoms with Gasteiger partial charge >= 0.3 is 0 Å². The van der Waals surface area contributed by atoms with Gasteiger partial charge in [-0.3, -0.25) is 9.80 Å². The lowest BCUT2D eigenvalue weighted by Gasteiger charge is -2.51. The van der Waals surface area contributed by atoms with Gasteiger partial charge in [0, 0.05) is 31.1 Å². The number of methoxy groups -OCH3 is 1. The summed E-state index contributed by atoms with van der Waals surface area (Å²) in [6.07, 6.45) is 2.65. The highest BCUT2D eigenvalue weighted by molar-refractivity contribution is 5.42. The second kappa shape index (κ2) is 6.84. The van der Waals surface area contributed by atoms with Crippen LogP contribution in [0.4, 0.5) is 0 Å². The topological polar surface area (TPSA) is 35.9 Å². The molecule has 1 N–H and O–H groups in total. The van der Waals surface area contributed by atoms with E-state index in [2.05, 4.69) is 46.2 Å². The number of nitrogens with zero attached hydrogens (tertiary/aromatic N) is 2. The van der Waals surface area contributed by atoms with Crippen molar-refractivity contribution in [3.05, 3.63) is 59.7 Å². The summed E-state index contributed by atoms with van der Waals surface area (Å²) in [5, 5.41) is 10.2. The van der Waals surface area contributed by atoms with Gasteiger partial charge in [0.05, 0.1) is 7.11 Å². The second-order valence-electron chi connectivity index (χ2n) is 8.31. The normalized spacial score (nSPS) is 32.4. The van der Waals surface area contributed by atoms with E-state index < -0.39 is 0 Å². The van der Waals surface area contributed by atoms with Gasteiger partial charge in [-0.1, -0.05) is 36.4 Å². The zero-order valence-electron chi connectivity index (χ0n) is 15.9. The average Bonchev–Trinajstić information content (AvgIpc) is 3.11. The van der Waals surface area contributed by atoms with Crippen LogP contribution in [0, 0.1) is 5.92 Å². The third-order valence-electron chi connectivity index (χ3n) is 6.95. The van der Waals surface area contributed by atoms with Crippen LogP contribution in [0.3, 0.4) is 0 Å². The van der Waals surface area contributed by atoms with Gasteiger partial charge < -0.3 is 9.84 Å². The first-order valence-electron chi connectivity index (χ1n) is 10.1. The van der Waals surface area contributed by atoms with E-state index in [9.17, 15) is 5.11 Å². The molecular formula is C23H28N2O2. The first kappa shape index (κ1) is 17.1. The Labute approximate surface area is 161 Å². The molecule has 0 unspecified atom stereocenters. The van der Waals surface area contributed by atoms with E-state index in [0.29, 0.717) is 23.8 Å². The standard InChI is InChI=1S/C23H28N2O2/c1-27-21-8-7-16(13-20(21)26)14-25-15-19(17-5-3-2-4-6-17)23-22(25)18-9-11-24(23)12-10-18/h2-8,13,18-19,22-23,26H,9-12,14-15H2,1H3/t19-,22+,23+/m0/s1. The molecule has 0 spiro atoms. The summed E-state index contributed by atoms with van der Waals surface area (Å²) in [6, 6.07) is 18.1. The highest BCUT2D eigenvalue weighted by Gasteiger charge is 2.53. The second-order valence-corrected chi connectivity index (χ2v) is 8.31. The third-order valence-corrected chi connectivity index (χ3v) is 6.95. The van der Waals surface area contributed by atoms with Gasteiger partial charge in [0.1, 0.15) is 0 Å². The molecule has 2 aromatic rings. The van der Waals surface area contributed by atoms with Gasteiger partial charge in [-0.05, 0) is 55.1 Å². The van der Waals surface area contributed by atoms with Crippen LogP contribution in [-0.4, -0.2) is 53.7 Å². The molecule has 27 heavy (non-hydrogen) atoms. The molecule has 4 heterocycles. The van der Waals surface area contributed by atoms with E-state index in [4.69, 9.17) is 4.74 Å². The molecule has 4 nitrogen and oxygen atoms in total. The minimum atomic E-state index is 0.235. The molecule has 6 rings (SSSR count). The van der Waals surface area contributed by atoms with Crippen molar-refractivity contribution in [2.75, 3.05) is 26.7 Å². The smallest absolute Gasteiger partial charge is 0.160 e. The van der Waals surface area contributed by atoms with Crippen molar-refractivity contribution < 1.29 is 9.84 Å². The van der Waals surface area contributed by atoms with E-state index in [-0.39, 0.29) is 5.75 Å². The van der Waals surface area contributed by atoms with Crippen LogP contribution in [-0.2, 0) is 6.54 Å². The lowest BCUT2D eigenvalue weighted by molar-refractivity contribution is -0.00870. The van der Waals surface area contributed by atoms with E-state index in [1.807, 2.05) is 12.1 Å². The molecule has 142 valence electrons.